The van der Waals surface area contributed by atoms with Crippen molar-refractivity contribution in [2.75, 3.05) is 19.7 Å². The number of carbonyl (C=O) groups excluding carboxylic acids is 2. The van der Waals surface area contributed by atoms with Crippen LogP contribution in [0.3, 0.4) is 0 Å². The van der Waals surface area contributed by atoms with Crippen molar-refractivity contribution in [1.82, 2.24) is 5.32 Å². The lowest BCUT2D eigenvalue weighted by atomic mass is 10.0. The second-order valence-electron chi connectivity index (χ2n) is 11.2. The fraction of sp³-hybridized carbons (Fsp3) is 0.882. The van der Waals surface area contributed by atoms with E-state index in [-0.39, 0.29) is 18.0 Å². The van der Waals surface area contributed by atoms with Crippen LogP contribution in [0, 0.1) is 0 Å². The summed E-state index contributed by atoms with van der Waals surface area (Å²) in [6, 6.07) is 0. The second-order valence-corrected chi connectivity index (χ2v) is 11.2. The van der Waals surface area contributed by atoms with Crippen molar-refractivity contribution in [2.45, 2.75) is 175 Å². The Labute approximate surface area is 242 Å². The molecule has 1 N–H and O–H groups in total. The standard InChI is InChI=1S/C34H65NO4/c1-4-7-10-13-14-17-23-31-38-33(36)27-21-18-22-29-35-30-24-28-34(37)39-32(25-19-15-11-8-5-2)26-20-16-12-9-6-3/h17,23,32,35H,4-16,18-22,24-31H2,1-3H3. The highest BCUT2D eigenvalue weighted by atomic mass is 16.5. The molecule has 0 aromatic heterocycles. The van der Waals surface area contributed by atoms with E-state index in [1.807, 2.05) is 6.08 Å². The first-order chi connectivity index (χ1) is 19.1. The van der Waals surface area contributed by atoms with Crippen LogP contribution in [0.1, 0.15) is 168 Å². The SMILES string of the molecule is CCCCCCC=CCOC(=O)CCCCCNCCCC(=O)OC(CCCCCCC)CCCCCCC. The molecule has 0 aliphatic heterocycles. The van der Waals surface area contributed by atoms with Crippen LogP contribution in [-0.4, -0.2) is 37.7 Å². The van der Waals surface area contributed by atoms with E-state index in [1.165, 1.54) is 89.9 Å². The van der Waals surface area contributed by atoms with E-state index < -0.39 is 0 Å². The van der Waals surface area contributed by atoms with Crippen LogP contribution in [0.15, 0.2) is 12.2 Å². The van der Waals surface area contributed by atoms with Gasteiger partial charge in [0.1, 0.15) is 12.7 Å². The van der Waals surface area contributed by atoms with E-state index in [4.69, 9.17) is 9.47 Å². The van der Waals surface area contributed by atoms with Gasteiger partial charge in [0.2, 0.25) is 0 Å². The van der Waals surface area contributed by atoms with Gasteiger partial charge in [0.05, 0.1) is 0 Å². The van der Waals surface area contributed by atoms with E-state index in [9.17, 15) is 9.59 Å². The summed E-state index contributed by atoms with van der Waals surface area (Å²) in [5, 5.41) is 3.42. The Hall–Kier alpha value is -1.36. The second kappa shape index (κ2) is 31.2. The number of allylic oxidation sites excluding steroid dienone is 1. The zero-order valence-corrected chi connectivity index (χ0v) is 26.2. The minimum Gasteiger partial charge on any atom is -0.462 e. The molecule has 0 bridgehead atoms. The van der Waals surface area contributed by atoms with Crippen LogP contribution in [0.25, 0.3) is 0 Å². The molecule has 0 rings (SSSR count). The summed E-state index contributed by atoms with van der Waals surface area (Å²) in [6.45, 7) is 8.85. The zero-order chi connectivity index (χ0) is 28.7. The van der Waals surface area contributed by atoms with E-state index in [2.05, 4.69) is 32.2 Å². The maximum atomic E-state index is 12.4. The lowest BCUT2D eigenvalue weighted by Gasteiger charge is -2.18. The van der Waals surface area contributed by atoms with Crippen molar-refractivity contribution >= 4 is 11.9 Å². The first-order valence-electron chi connectivity index (χ1n) is 16.8. The van der Waals surface area contributed by atoms with Crippen molar-refractivity contribution in [2.24, 2.45) is 0 Å². The number of hydrogen-bond acceptors (Lipinski definition) is 5. The Kier molecular flexibility index (Phi) is 30.1. The predicted molar refractivity (Wildman–Crippen MR) is 166 cm³/mol. The summed E-state index contributed by atoms with van der Waals surface area (Å²) in [4.78, 5) is 24.2. The van der Waals surface area contributed by atoms with Crippen LogP contribution >= 0.6 is 0 Å². The van der Waals surface area contributed by atoms with Crippen molar-refractivity contribution in [3.8, 4) is 0 Å². The maximum Gasteiger partial charge on any atom is 0.306 e. The Morgan fingerprint density at radius 2 is 1.13 bits per heavy atom. The molecular weight excluding hydrogens is 486 g/mol. The molecule has 0 aromatic rings. The van der Waals surface area contributed by atoms with Crippen LogP contribution in [-0.2, 0) is 19.1 Å². The molecule has 0 atom stereocenters. The highest BCUT2D eigenvalue weighted by molar-refractivity contribution is 5.69. The van der Waals surface area contributed by atoms with Crippen molar-refractivity contribution in [3.63, 3.8) is 0 Å². The molecule has 39 heavy (non-hydrogen) atoms. The molecule has 0 spiro atoms. The number of esters is 2. The Morgan fingerprint density at radius 1 is 0.590 bits per heavy atom. The number of rotatable bonds is 30. The molecule has 0 aromatic carbocycles. The molecule has 0 aliphatic rings. The van der Waals surface area contributed by atoms with Gasteiger partial charge in [0.15, 0.2) is 0 Å². The summed E-state index contributed by atoms with van der Waals surface area (Å²) in [5.41, 5.74) is 0. The lowest BCUT2D eigenvalue weighted by molar-refractivity contribution is -0.150. The zero-order valence-electron chi connectivity index (χ0n) is 26.2. The third-order valence-electron chi connectivity index (χ3n) is 7.26. The smallest absolute Gasteiger partial charge is 0.306 e. The predicted octanol–water partition coefficient (Wildman–Crippen LogP) is 9.62. The maximum absolute atomic E-state index is 12.4. The minimum absolute atomic E-state index is 0.0335. The molecule has 0 unspecified atom stereocenters. The molecule has 0 radical (unpaired) electrons. The third-order valence-corrected chi connectivity index (χ3v) is 7.26. The summed E-state index contributed by atoms with van der Waals surface area (Å²) in [7, 11) is 0. The fourth-order valence-corrected chi connectivity index (χ4v) is 4.73. The van der Waals surface area contributed by atoms with Crippen molar-refractivity contribution in [1.29, 1.82) is 0 Å². The van der Waals surface area contributed by atoms with E-state index in [0.29, 0.717) is 19.4 Å². The molecule has 5 nitrogen and oxygen atoms in total. The molecular formula is C34H65NO4. The Morgan fingerprint density at radius 3 is 1.77 bits per heavy atom. The number of ether oxygens (including phenoxy) is 2. The molecule has 0 aliphatic carbocycles. The van der Waals surface area contributed by atoms with Crippen LogP contribution in [0.4, 0.5) is 0 Å². The summed E-state index contributed by atoms with van der Waals surface area (Å²) < 4.78 is 11.2. The average Bonchev–Trinajstić information content (AvgIpc) is 2.93. The van der Waals surface area contributed by atoms with Gasteiger partial charge < -0.3 is 14.8 Å². The first kappa shape index (κ1) is 37.6. The first-order valence-corrected chi connectivity index (χ1v) is 16.8. The molecule has 230 valence electrons. The van der Waals surface area contributed by atoms with Gasteiger partial charge in [0.25, 0.3) is 0 Å². The number of hydrogen-bond donors (Lipinski definition) is 1. The largest absolute Gasteiger partial charge is 0.462 e. The summed E-state index contributed by atoms with van der Waals surface area (Å²) in [5.74, 6) is -0.133. The number of unbranched alkanes of at least 4 members (excludes halogenated alkanes) is 14. The quantitative estimate of drug-likeness (QED) is 0.0547. The molecule has 0 saturated heterocycles. The van der Waals surface area contributed by atoms with Crippen LogP contribution in [0.5, 0.6) is 0 Å². The summed E-state index contributed by atoms with van der Waals surface area (Å²) in [6.07, 6.45) is 29.6. The Balaban J connectivity index is 3.77. The van der Waals surface area contributed by atoms with Gasteiger partial charge >= 0.3 is 11.9 Å². The van der Waals surface area contributed by atoms with Gasteiger partial charge in [-0.1, -0.05) is 110 Å². The summed E-state index contributed by atoms with van der Waals surface area (Å²) >= 11 is 0. The van der Waals surface area contributed by atoms with E-state index in [0.717, 1.165) is 58.0 Å². The Bertz CT molecular complexity index is 549. The fourth-order valence-electron chi connectivity index (χ4n) is 4.73. The van der Waals surface area contributed by atoms with Gasteiger partial charge in [-0.2, -0.15) is 0 Å². The van der Waals surface area contributed by atoms with Crippen molar-refractivity contribution < 1.29 is 19.1 Å². The van der Waals surface area contributed by atoms with Crippen LogP contribution < -0.4 is 5.32 Å². The lowest BCUT2D eigenvalue weighted by Crippen LogP contribution is -2.21. The van der Waals surface area contributed by atoms with Gasteiger partial charge in [0, 0.05) is 12.8 Å². The minimum atomic E-state index is -0.0997. The van der Waals surface area contributed by atoms with Crippen molar-refractivity contribution in [3.05, 3.63) is 12.2 Å². The van der Waals surface area contributed by atoms with Gasteiger partial charge in [-0.05, 0) is 70.9 Å². The van der Waals surface area contributed by atoms with Gasteiger partial charge in [-0.3, -0.25) is 9.59 Å². The molecule has 0 amide bonds. The highest BCUT2D eigenvalue weighted by Crippen LogP contribution is 2.17. The van der Waals surface area contributed by atoms with E-state index >= 15 is 0 Å². The highest BCUT2D eigenvalue weighted by Gasteiger charge is 2.14. The topological polar surface area (TPSA) is 64.6 Å². The molecule has 0 heterocycles. The number of nitrogens with one attached hydrogen (secondary N) is 1. The van der Waals surface area contributed by atoms with Gasteiger partial charge in [-0.15, -0.1) is 0 Å². The number of carbonyl (C=O) groups is 2. The normalized spacial score (nSPS) is 11.5. The third kappa shape index (κ3) is 29.4. The average molecular weight is 552 g/mol. The van der Waals surface area contributed by atoms with E-state index in [1.54, 1.807) is 0 Å². The molecule has 0 saturated carbocycles. The van der Waals surface area contributed by atoms with Crippen LogP contribution in [0.2, 0.25) is 0 Å². The van der Waals surface area contributed by atoms with Gasteiger partial charge in [-0.25, -0.2) is 0 Å². The monoisotopic (exact) mass is 551 g/mol. The molecule has 5 heteroatoms. The molecule has 0 fully saturated rings.